The van der Waals surface area contributed by atoms with Crippen LogP contribution in [-0.4, -0.2) is 72.7 Å². The second-order valence-corrected chi connectivity index (χ2v) is 11.5. The van der Waals surface area contributed by atoms with Gasteiger partial charge in [-0.1, -0.05) is 24.4 Å². The summed E-state index contributed by atoms with van der Waals surface area (Å²) in [4.78, 5) is 25.5. The number of urea groups is 1. The molecular formula is C21H31ClN4O6S. The highest BCUT2D eigenvalue weighted by Crippen LogP contribution is 2.38. The summed E-state index contributed by atoms with van der Waals surface area (Å²) in [5.74, 6) is -0.626. The summed E-state index contributed by atoms with van der Waals surface area (Å²) < 4.78 is 33.0. The number of benzene rings is 1. The number of amides is 3. The molecule has 1 aromatic rings. The van der Waals surface area contributed by atoms with E-state index in [-0.39, 0.29) is 42.9 Å². The summed E-state index contributed by atoms with van der Waals surface area (Å²) in [6.45, 7) is 5.55. The van der Waals surface area contributed by atoms with Crippen molar-refractivity contribution in [2.45, 2.75) is 63.0 Å². The first-order valence-corrected chi connectivity index (χ1v) is 12.8. The van der Waals surface area contributed by atoms with E-state index in [9.17, 15) is 23.1 Å². The zero-order valence-corrected chi connectivity index (χ0v) is 20.6. The highest BCUT2D eigenvalue weighted by atomic mass is 35.5. The number of anilines is 1. The minimum Gasteiger partial charge on any atom is -0.504 e. The summed E-state index contributed by atoms with van der Waals surface area (Å²) in [5, 5.41) is 15.9. The highest BCUT2D eigenvalue weighted by molar-refractivity contribution is 7.89. The zero-order valence-electron chi connectivity index (χ0n) is 19.1. The molecular weight excluding hydrogens is 472 g/mol. The number of aromatic hydroxyl groups is 1. The smallest absolute Gasteiger partial charge is 0.410 e. The molecule has 1 heterocycles. The molecule has 0 bridgehead atoms. The van der Waals surface area contributed by atoms with Gasteiger partial charge in [-0.25, -0.2) is 18.0 Å². The molecule has 3 N–H and O–H groups in total. The van der Waals surface area contributed by atoms with Crippen molar-refractivity contribution in [3.05, 3.63) is 17.2 Å². The number of hydrogen-bond acceptors (Lipinski definition) is 6. The van der Waals surface area contributed by atoms with Crippen molar-refractivity contribution in [3.8, 4) is 5.75 Å². The van der Waals surface area contributed by atoms with E-state index in [0.29, 0.717) is 0 Å². The fraction of sp³-hybridized carbons (Fsp3) is 0.619. The first-order valence-electron chi connectivity index (χ1n) is 11.0. The number of phenols is 1. The van der Waals surface area contributed by atoms with Gasteiger partial charge in [-0.3, -0.25) is 0 Å². The SMILES string of the molecule is CC(C)(C)OC(=O)N1CCN(S(=O)(=O)c2c(Cl)ccc(NC(=O)NC3CCCC3)c2O)CC1. The van der Waals surface area contributed by atoms with Crippen molar-refractivity contribution < 1.29 is 27.9 Å². The molecule has 10 nitrogen and oxygen atoms in total. The largest absolute Gasteiger partial charge is 0.504 e. The van der Waals surface area contributed by atoms with Crippen molar-refractivity contribution in [2.75, 3.05) is 31.5 Å². The van der Waals surface area contributed by atoms with Crippen molar-refractivity contribution in [2.24, 2.45) is 0 Å². The van der Waals surface area contributed by atoms with Crippen LogP contribution in [0.4, 0.5) is 15.3 Å². The van der Waals surface area contributed by atoms with Gasteiger partial charge in [0.15, 0.2) is 5.75 Å². The van der Waals surface area contributed by atoms with E-state index in [0.717, 1.165) is 30.0 Å². The van der Waals surface area contributed by atoms with E-state index in [1.54, 1.807) is 20.8 Å². The molecule has 184 valence electrons. The minimum atomic E-state index is -4.19. The number of piperazine rings is 1. The number of nitrogens with one attached hydrogen (secondary N) is 2. The Morgan fingerprint density at radius 1 is 1.12 bits per heavy atom. The lowest BCUT2D eigenvalue weighted by atomic mass is 10.2. The van der Waals surface area contributed by atoms with Gasteiger partial charge in [0.25, 0.3) is 0 Å². The van der Waals surface area contributed by atoms with Crippen LogP contribution in [0.3, 0.4) is 0 Å². The lowest BCUT2D eigenvalue weighted by Crippen LogP contribution is -2.51. The first-order chi connectivity index (χ1) is 15.4. The van der Waals surface area contributed by atoms with Gasteiger partial charge in [0.1, 0.15) is 10.5 Å². The summed E-state index contributed by atoms with van der Waals surface area (Å²) in [6, 6.07) is 2.21. The lowest BCUT2D eigenvalue weighted by molar-refractivity contribution is 0.0192. The number of halogens is 1. The average Bonchev–Trinajstić information content (AvgIpc) is 3.22. The molecule has 1 saturated carbocycles. The standard InChI is InChI=1S/C21H31ClN4O6S/c1-21(2,3)32-20(29)25-10-12-26(13-11-25)33(30,31)18-15(22)8-9-16(17(18)27)24-19(28)23-14-6-4-5-7-14/h8-9,14,27H,4-7,10-13H2,1-3H3,(H2,23,24,28). The van der Waals surface area contributed by atoms with Crippen molar-refractivity contribution >= 4 is 39.4 Å². The number of carbonyl (C=O) groups is 2. The van der Waals surface area contributed by atoms with Crippen LogP contribution in [0.5, 0.6) is 5.75 Å². The van der Waals surface area contributed by atoms with Gasteiger partial charge < -0.3 is 25.4 Å². The molecule has 0 radical (unpaired) electrons. The van der Waals surface area contributed by atoms with E-state index < -0.39 is 38.4 Å². The molecule has 3 rings (SSSR count). The highest BCUT2D eigenvalue weighted by Gasteiger charge is 2.35. The van der Waals surface area contributed by atoms with E-state index >= 15 is 0 Å². The maximum Gasteiger partial charge on any atom is 0.410 e. The topological polar surface area (TPSA) is 128 Å². The van der Waals surface area contributed by atoms with Crippen LogP contribution in [0.15, 0.2) is 17.0 Å². The molecule has 1 aliphatic heterocycles. The van der Waals surface area contributed by atoms with E-state index in [2.05, 4.69) is 10.6 Å². The van der Waals surface area contributed by atoms with Crippen LogP contribution in [0.25, 0.3) is 0 Å². The Morgan fingerprint density at radius 3 is 2.30 bits per heavy atom. The fourth-order valence-corrected chi connectivity index (χ4v) is 5.89. The molecule has 0 unspecified atom stereocenters. The molecule has 1 aromatic carbocycles. The number of sulfonamides is 1. The molecule has 33 heavy (non-hydrogen) atoms. The number of phenolic OH excluding ortho intramolecular Hbond substituents is 1. The van der Waals surface area contributed by atoms with Crippen LogP contribution in [0.1, 0.15) is 46.5 Å². The maximum atomic E-state index is 13.3. The van der Waals surface area contributed by atoms with Gasteiger partial charge in [-0.2, -0.15) is 4.31 Å². The molecule has 0 aromatic heterocycles. The molecule has 1 aliphatic carbocycles. The normalized spacial score (nSPS) is 18.2. The van der Waals surface area contributed by atoms with E-state index in [1.807, 2.05) is 0 Å². The number of rotatable bonds is 4. The molecule has 1 saturated heterocycles. The Hall–Kier alpha value is -2.24. The molecule has 2 aliphatic rings. The van der Waals surface area contributed by atoms with Gasteiger partial charge in [0.05, 0.1) is 10.7 Å². The maximum absolute atomic E-state index is 13.3. The van der Waals surface area contributed by atoms with Crippen LogP contribution >= 0.6 is 11.6 Å². The summed E-state index contributed by atoms with van der Waals surface area (Å²) in [6.07, 6.45) is 3.34. The second-order valence-electron chi connectivity index (χ2n) is 9.22. The van der Waals surface area contributed by atoms with Crippen LogP contribution < -0.4 is 10.6 Å². The Labute approximate surface area is 199 Å². The van der Waals surface area contributed by atoms with Crippen LogP contribution in [0, 0.1) is 0 Å². The number of nitrogens with zero attached hydrogens (tertiary/aromatic N) is 2. The fourth-order valence-electron chi connectivity index (χ4n) is 3.87. The molecule has 0 atom stereocenters. The minimum absolute atomic E-state index is 0.0111. The first kappa shape index (κ1) is 25.4. The van der Waals surface area contributed by atoms with E-state index in [1.165, 1.54) is 17.0 Å². The Kier molecular flexibility index (Phi) is 7.65. The predicted molar refractivity (Wildman–Crippen MR) is 124 cm³/mol. The van der Waals surface area contributed by atoms with Crippen molar-refractivity contribution in [1.82, 2.24) is 14.5 Å². The molecule has 0 spiro atoms. The summed E-state index contributed by atoms with van der Waals surface area (Å²) >= 11 is 6.15. The predicted octanol–water partition coefficient (Wildman–Crippen LogP) is 3.35. The van der Waals surface area contributed by atoms with Gasteiger partial charge in [-0.05, 0) is 45.7 Å². The monoisotopic (exact) mass is 502 g/mol. The third kappa shape index (κ3) is 6.21. The Balaban J connectivity index is 1.72. The Bertz CT molecular complexity index is 997. The molecule has 2 fully saturated rings. The van der Waals surface area contributed by atoms with Crippen molar-refractivity contribution in [3.63, 3.8) is 0 Å². The van der Waals surface area contributed by atoms with E-state index in [4.69, 9.17) is 16.3 Å². The van der Waals surface area contributed by atoms with Gasteiger partial charge in [-0.15, -0.1) is 0 Å². The van der Waals surface area contributed by atoms with Gasteiger partial charge in [0.2, 0.25) is 10.0 Å². The van der Waals surface area contributed by atoms with Crippen molar-refractivity contribution in [1.29, 1.82) is 0 Å². The average molecular weight is 503 g/mol. The van der Waals surface area contributed by atoms with Crippen LogP contribution in [0.2, 0.25) is 5.02 Å². The molecule has 12 heteroatoms. The number of carbonyl (C=O) groups excluding carboxylic acids is 2. The third-order valence-electron chi connectivity index (χ3n) is 5.51. The van der Waals surface area contributed by atoms with Gasteiger partial charge >= 0.3 is 12.1 Å². The van der Waals surface area contributed by atoms with Crippen LogP contribution in [-0.2, 0) is 14.8 Å². The molecule has 3 amide bonds. The Morgan fingerprint density at radius 2 is 1.73 bits per heavy atom. The van der Waals surface area contributed by atoms with Gasteiger partial charge in [0, 0.05) is 32.2 Å². The second kappa shape index (κ2) is 9.94. The third-order valence-corrected chi connectivity index (χ3v) is 7.91. The lowest BCUT2D eigenvalue weighted by Gasteiger charge is -2.35. The summed E-state index contributed by atoms with van der Waals surface area (Å²) in [5.41, 5.74) is -0.710. The zero-order chi connectivity index (χ0) is 24.4. The number of hydrogen-bond donors (Lipinski definition) is 3. The summed E-state index contributed by atoms with van der Waals surface area (Å²) in [7, 11) is -4.19. The number of ether oxygens (including phenoxy) is 1. The quantitative estimate of drug-likeness (QED) is 0.541.